The van der Waals surface area contributed by atoms with Gasteiger partial charge in [-0.2, -0.15) is 0 Å². The monoisotopic (exact) mass is 231 g/mol. The zero-order valence-corrected chi connectivity index (χ0v) is 11.7. The molecule has 2 unspecified atom stereocenters. The quantitative estimate of drug-likeness (QED) is 0.651. The summed E-state index contributed by atoms with van der Waals surface area (Å²) >= 11 is 0. The molecule has 0 radical (unpaired) electrons. The lowest BCUT2D eigenvalue weighted by molar-refractivity contribution is -0.0210. The van der Waals surface area contributed by atoms with E-state index in [4.69, 9.17) is 5.73 Å². The minimum atomic E-state index is -0.185. The highest BCUT2D eigenvalue weighted by atomic mass is 16.3. The third-order valence-electron chi connectivity index (χ3n) is 3.59. The molecule has 0 aliphatic carbocycles. The van der Waals surface area contributed by atoms with Crippen LogP contribution in [0.4, 0.5) is 0 Å². The zero-order chi connectivity index (χ0) is 13.0. The van der Waals surface area contributed by atoms with Gasteiger partial charge in [0.15, 0.2) is 0 Å². The maximum atomic E-state index is 9.71. The largest absolute Gasteiger partial charge is 0.396 e. The van der Waals surface area contributed by atoms with Gasteiger partial charge in [-0.15, -0.1) is 0 Å². The van der Waals surface area contributed by atoms with Gasteiger partial charge in [0.05, 0.1) is 6.61 Å². The third-order valence-corrected chi connectivity index (χ3v) is 3.59. The molecule has 0 saturated heterocycles. The van der Waals surface area contributed by atoms with Crippen LogP contribution in [-0.4, -0.2) is 69.3 Å². The van der Waals surface area contributed by atoms with Crippen LogP contribution in [0.1, 0.15) is 13.8 Å². The average Bonchev–Trinajstić information content (AvgIpc) is 2.15. The molecule has 0 fully saturated rings. The highest BCUT2D eigenvalue weighted by Gasteiger charge is 2.43. The van der Waals surface area contributed by atoms with Crippen LogP contribution in [0.15, 0.2) is 0 Å². The van der Waals surface area contributed by atoms with E-state index in [-0.39, 0.29) is 17.4 Å². The summed E-state index contributed by atoms with van der Waals surface area (Å²) in [6.45, 7) is 6.73. The Morgan fingerprint density at radius 2 is 1.31 bits per heavy atom. The van der Waals surface area contributed by atoms with E-state index in [1.54, 1.807) is 0 Å². The Hall–Kier alpha value is -0.160. The lowest BCUT2D eigenvalue weighted by Crippen LogP contribution is -2.55. The molecule has 2 atom stereocenters. The molecule has 0 heterocycles. The van der Waals surface area contributed by atoms with Gasteiger partial charge in [0.1, 0.15) is 0 Å². The molecule has 0 bridgehead atoms. The number of aliphatic hydroxyl groups is 1. The van der Waals surface area contributed by atoms with Crippen molar-refractivity contribution >= 4 is 0 Å². The first-order valence-corrected chi connectivity index (χ1v) is 5.81. The van der Waals surface area contributed by atoms with Gasteiger partial charge in [-0.25, -0.2) is 0 Å². The smallest absolute Gasteiger partial charge is 0.0503 e. The van der Waals surface area contributed by atoms with Gasteiger partial charge in [0.25, 0.3) is 0 Å². The summed E-state index contributed by atoms with van der Waals surface area (Å²) in [6, 6.07) is 0. The Kier molecular flexibility index (Phi) is 5.90. The van der Waals surface area contributed by atoms with Crippen LogP contribution in [0, 0.1) is 10.8 Å². The number of aliphatic hydroxyl groups excluding tert-OH is 1. The fraction of sp³-hybridized carbons (Fsp3) is 1.00. The van der Waals surface area contributed by atoms with Gasteiger partial charge in [-0.05, 0) is 34.7 Å². The molecule has 0 saturated carbocycles. The lowest BCUT2D eigenvalue weighted by Gasteiger charge is -2.47. The number of rotatable bonds is 7. The molecule has 3 N–H and O–H groups in total. The molecule has 0 aliphatic rings. The number of hydrogen-bond acceptors (Lipinski definition) is 4. The van der Waals surface area contributed by atoms with Crippen LogP contribution in [0.25, 0.3) is 0 Å². The number of nitrogens with two attached hydrogens (primary N) is 1. The van der Waals surface area contributed by atoms with E-state index in [2.05, 4.69) is 23.6 Å². The second-order valence-corrected chi connectivity index (χ2v) is 5.96. The molecule has 0 aliphatic heterocycles. The van der Waals surface area contributed by atoms with Crippen LogP contribution in [-0.2, 0) is 0 Å². The summed E-state index contributed by atoms with van der Waals surface area (Å²) in [4.78, 5) is 4.25. The maximum absolute atomic E-state index is 9.71. The van der Waals surface area contributed by atoms with Gasteiger partial charge in [0, 0.05) is 23.9 Å². The molecule has 16 heavy (non-hydrogen) atoms. The van der Waals surface area contributed by atoms with Crippen molar-refractivity contribution in [1.82, 2.24) is 9.80 Å². The topological polar surface area (TPSA) is 52.7 Å². The summed E-state index contributed by atoms with van der Waals surface area (Å²) in [7, 11) is 8.14. The van der Waals surface area contributed by atoms with Crippen molar-refractivity contribution < 1.29 is 5.11 Å². The Bertz CT molecular complexity index is 186. The third kappa shape index (κ3) is 3.70. The molecule has 0 spiro atoms. The van der Waals surface area contributed by atoms with Gasteiger partial charge >= 0.3 is 0 Å². The molecule has 0 aromatic heterocycles. The minimum absolute atomic E-state index is 0.0878. The normalized spacial score (nSPS) is 19.9. The van der Waals surface area contributed by atoms with Crippen LogP contribution in [0.5, 0.6) is 0 Å². The van der Waals surface area contributed by atoms with E-state index in [0.717, 1.165) is 13.1 Å². The molecule has 4 nitrogen and oxygen atoms in total. The first-order chi connectivity index (χ1) is 7.20. The maximum Gasteiger partial charge on any atom is 0.0503 e. The van der Waals surface area contributed by atoms with E-state index in [1.165, 1.54) is 0 Å². The van der Waals surface area contributed by atoms with E-state index in [9.17, 15) is 5.11 Å². The summed E-state index contributed by atoms with van der Waals surface area (Å²) in [5, 5.41) is 9.71. The molecule has 0 rings (SSSR count). The summed E-state index contributed by atoms with van der Waals surface area (Å²) < 4.78 is 0. The molecular formula is C12H29N3O. The van der Waals surface area contributed by atoms with Crippen molar-refractivity contribution in [2.75, 3.05) is 54.4 Å². The minimum Gasteiger partial charge on any atom is -0.396 e. The van der Waals surface area contributed by atoms with Crippen LogP contribution in [0.2, 0.25) is 0 Å². The predicted octanol–water partition coefficient (Wildman–Crippen LogP) is 0.0732. The number of nitrogens with zero attached hydrogens (tertiary/aromatic N) is 2. The average molecular weight is 231 g/mol. The van der Waals surface area contributed by atoms with Crippen molar-refractivity contribution in [1.29, 1.82) is 0 Å². The fourth-order valence-electron chi connectivity index (χ4n) is 2.33. The van der Waals surface area contributed by atoms with Crippen LogP contribution >= 0.6 is 0 Å². The molecular weight excluding hydrogens is 202 g/mol. The summed E-state index contributed by atoms with van der Waals surface area (Å²) in [5.74, 6) is 0. The Balaban J connectivity index is 4.97. The van der Waals surface area contributed by atoms with Gasteiger partial charge in [-0.1, -0.05) is 13.8 Å². The molecule has 4 heteroatoms. The summed E-state index contributed by atoms with van der Waals surface area (Å²) in [6.07, 6.45) is 0. The predicted molar refractivity (Wildman–Crippen MR) is 69.5 cm³/mol. The molecule has 0 aromatic rings. The highest BCUT2D eigenvalue weighted by molar-refractivity contribution is 4.95. The molecule has 98 valence electrons. The van der Waals surface area contributed by atoms with E-state index >= 15 is 0 Å². The Labute approximate surface area is 100 Å². The van der Waals surface area contributed by atoms with Crippen molar-refractivity contribution in [3.05, 3.63) is 0 Å². The first-order valence-electron chi connectivity index (χ1n) is 5.81. The van der Waals surface area contributed by atoms with Gasteiger partial charge in [-0.3, -0.25) is 0 Å². The zero-order valence-electron chi connectivity index (χ0n) is 11.7. The highest BCUT2D eigenvalue weighted by Crippen LogP contribution is 2.38. The molecule has 0 amide bonds. The van der Waals surface area contributed by atoms with Crippen LogP contribution < -0.4 is 5.73 Å². The summed E-state index contributed by atoms with van der Waals surface area (Å²) in [5.41, 5.74) is 5.66. The van der Waals surface area contributed by atoms with Crippen LogP contribution in [0.3, 0.4) is 0 Å². The molecule has 0 aromatic carbocycles. The van der Waals surface area contributed by atoms with E-state index in [0.29, 0.717) is 6.54 Å². The van der Waals surface area contributed by atoms with Crippen molar-refractivity contribution in [3.63, 3.8) is 0 Å². The number of hydrogen-bond donors (Lipinski definition) is 2. The lowest BCUT2D eigenvalue weighted by atomic mass is 9.65. The Morgan fingerprint density at radius 1 is 0.938 bits per heavy atom. The van der Waals surface area contributed by atoms with Crippen molar-refractivity contribution in [3.8, 4) is 0 Å². The van der Waals surface area contributed by atoms with E-state index in [1.807, 2.05) is 28.2 Å². The first kappa shape index (κ1) is 15.8. The fourth-order valence-corrected chi connectivity index (χ4v) is 2.33. The SMILES string of the molecule is CN(C)CC(C)(CN)C(C)(CO)CN(C)C. The van der Waals surface area contributed by atoms with Crippen molar-refractivity contribution in [2.24, 2.45) is 16.6 Å². The van der Waals surface area contributed by atoms with Gasteiger partial charge < -0.3 is 20.6 Å². The second-order valence-electron chi connectivity index (χ2n) is 5.96. The Morgan fingerprint density at radius 3 is 1.56 bits per heavy atom. The standard InChI is InChI=1S/C12H29N3O/c1-11(7-13,8-14(3)4)12(2,10-16)9-15(5)6/h16H,7-10,13H2,1-6H3. The second kappa shape index (κ2) is 5.96. The van der Waals surface area contributed by atoms with Crippen molar-refractivity contribution in [2.45, 2.75) is 13.8 Å². The van der Waals surface area contributed by atoms with E-state index < -0.39 is 0 Å². The van der Waals surface area contributed by atoms with Gasteiger partial charge in [0.2, 0.25) is 0 Å².